The molecule has 0 unspecified atom stereocenters. The smallest absolute Gasteiger partial charge is 0.307 e. The third-order valence-corrected chi connectivity index (χ3v) is 6.64. The molecule has 2 N–H and O–H groups in total. The van der Waals surface area contributed by atoms with Crippen LogP contribution < -0.4 is 10.6 Å². The first kappa shape index (κ1) is 18.2. The van der Waals surface area contributed by atoms with Crippen molar-refractivity contribution in [3.05, 3.63) is 51.2 Å². The summed E-state index contributed by atoms with van der Waals surface area (Å²) in [7, 11) is 0. The van der Waals surface area contributed by atoms with Crippen LogP contribution in [0.1, 0.15) is 40.5 Å². The lowest BCUT2D eigenvalue weighted by Gasteiger charge is -2.35. The Morgan fingerprint density at radius 2 is 2.04 bits per heavy atom. The number of aryl methyl sites for hydroxylation is 1. The van der Waals surface area contributed by atoms with Crippen LogP contribution in [0.5, 0.6) is 0 Å². The zero-order valence-corrected chi connectivity index (χ0v) is 16.6. The molecule has 1 aromatic carbocycles. The van der Waals surface area contributed by atoms with E-state index in [4.69, 9.17) is 0 Å². The number of nitrogens with one attached hydrogen (secondary N) is 2. The third-order valence-electron chi connectivity index (χ3n) is 5.64. The van der Waals surface area contributed by atoms with Crippen LogP contribution in [0.3, 0.4) is 0 Å². The van der Waals surface area contributed by atoms with Gasteiger partial charge in [-0.25, -0.2) is 4.79 Å². The van der Waals surface area contributed by atoms with Gasteiger partial charge in [0.05, 0.1) is 6.54 Å². The van der Waals surface area contributed by atoms with Gasteiger partial charge in [-0.15, -0.1) is 11.3 Å². The van der Waals surface area contributed by atoms with E-state index in [0.29, 0.717) is 12.0 Å². The number of rotatable bonds is 4. The number of nitrogens with zero attached hydrogens (tertiary/aromatic N) is 1. The molecule has 0 radical (unpaired) electrons. The second-order valence-corrected chi connectivity index (χ2v) is 8.55. The molecule has 1 atom stereocenters. The number of carbonyl (C=O) groups is 2. The molecule has 142 valence electrons. The Balaban J connectivity index is 1.38. The van der Waals surface area contributed by atoms with Crippen LogP contribution in [0.2, 0.25) is 0 Å². The van der Waals surface area contributed by atoms with Crippen LogP contribution in [0.15, 0.2) is 29.6 Å². The van der Waals surface area contributed by atoms with Crippen molar-refractivity contribution in [2.24, 2.45) is 5.92 Å². The Hall–Kier alpha value is -2.18. The standard InChI is InChI=1S/C21H25N3O2S/c1-13-4-3-5-17(14(13)2)22-21(26)23-19(25)12-24-10-8-18-16(9-11-27-18)20(24)15-6-7-15/h3-5,9,11,15,20H,6-8,10,12H2,1-2H3,(H2,22,23,25,26)/t20-/m0/s1. The molecular formula is C21H25N3O2S. The number of fused-ring (bicyclic) bond motifs is 1. The molecule has 2 aliphatic rings. The highest BCUT2D eigenvalue weighted by Gasteiger charge is 2.40. The zero-order valence-electron chi connectivity index (χ0n) is 15.7. The van der Waals surface area contributed by atoms with E-state index in [0.717, 1.165) is 29.8 Å². The van der Waals surface area contributed by atoms with Gasteiger partial charge < -0.3 is 5.32 Å². The lowest BCUT2D eigenvalue weighted by atomic mass is 9.96. The fourth-order valence-electron chi connectivity index (χ4n) is 3.93. The monoisotopic (exact) mass is 383 g/mol. The minimum absolute atomic E-state index is 0.248. The van der Waals surface area contributed by atoms with E-state index in [2.05, 4.69) is 27.0 Å². The fraction of sp³-hybridized carbons (Fsp3) is 0.429. The topological polar surface area (TPSA) is 61.4 Å². The average Bonchev–Trinajstić information content (AvgIpc) is 3.34. The number of urea groups is 1. The Morgan fingerprint density at radius 3 is 2.81 bits per heavy atom. The van der Waals surface area contributed by atoms with Crippen LogP contribution in [0, 0.1) is 19.8 Å². The van der Waals surface area contributed by atoms with Crippen molar-refractivity contribution >= 4 is 29.0 Å². The van der Waals surface area contributed by atoms with Crippen molar-refractivity contribution in [2.75, 3.05) is 18.4 Å². The molecule has 6 heteroatoms. The van der Waals surface area contributed by atoms with E-state index in [1.807, 2.05) is 43.4 Å². The van der Waals surface area contributed by atoms with Gasteiger partial charge in [-0.1, -0.05) is 12.1 Å². The molecule has 1 aromatic heterocycles. The highest BCUT2D eigenvalue weighted by atomic mass is 32.1. The van der Waals surface area contributed by atoms with Crippen molar-refractivity contribution in [1.82, 2.24) is 10.2 Å². The van der Waals surface area contributed by atoms with Gasteiger partial charge in [0.1, 0.15) is 0 Å². The van der Waals surface area contributed by atoms with Crippen LogP contribution >= 0.6 is 11.3 Å². The summed E-state index contributed by atoms with van der Waals surface area (Å²) in [5.74, 6) is 0.400. The van der Waals surface area contributed by atoms with Crippen molar-refractivity contribution in [3.8, 4) is 0 Å². The molecule has 1 fully saturated rings. The van der Waals surface area contributed by atoms with E-state index in [1.54, 1.807) is 0 Å². The Bertz CT molecular complexity index is 872. The highest BCUT2D eigenvalue weighted by molar-refractivity contribution is 7.10. The lowest BCUT2D eigenvalue weighted by Crippen LogP contribution is -2.45. The summed E-state index contributed by atoms with van der Waals surface area (Å²) in [6, 6.07) is 7.80. The SMILES string of the molecule is Cc1cccc(NC(=O)NC(=O)CN2CCc3sccc3[C@@H]2C2CC2)c1C. The zero-order chi connectivity index (χ0) is 19.0. The van der Waals surface area contributed by atoms with Gasteiger partial charge in [0.15, 0.2) is 0 Å². The summed E-state index contributed by atoms with van der Waals surface area (Å²) in [6.45, 7) is 5.09. The Kier molecular flexibility index (Phi) is 5.02. The van der Waals surface area contributed by atoms with E-state index >= 15 is 0 Å². The van der Waals surface area contributed by atoms with Gasteiger partial charge in [-0.2, -0.15) is 0 Å². The van der Waals surface area contributed by atoms with Crippen molar-refractivity contribution < 1.29 is 9.59 Å². The largest absolute Gasteiger partial charge is 0.325 e. The molecule has 3 amide bonds. The van der Waals surface area contributed by atoms with Gasteiger partial charge in [0.2, 0.25) is 5.91 Å². The first-order valence-electron chi connectivity index (χ1n) is 9.50. The van der Waals surface area contributed by atoms with Crippen molar-refractivity contribution in [2.45, 2.75) is 39.2 Å². The maximum atomic E-state index is 12.5. The summed E-state index contributed by atoms with van der Waals surface area (Å²) in [5, 5.41) is 7.44. The van der Waals surface area contributed by atoms with E-state index < -0.39 is 6.03 Å². The van der Waals surface area contributed by atoms with Crippen LogP contribution in [-0.2, 0) is 11.2 Å². The molecule has 1 aliphatic carbocycles. The van der Waals surface area contributed by atoms with Gasteiger partial charge in [-0.05, 0) is 73.2 Å². The average molecular weight is 384 g/mol. The fourth-order valence-corrected chi connectivity index (χ4v) is 4.84. The van der Waals surface area contributed by atoms with Gasteiger partial charge in [0, 0.05) is 23.2 Å². The van der Waals surface area contributed by atoms with Gasteiger partial charge in [0.25, 0.3) is 0 Å². The minimum atomic E-state index is -0.468. The maximum Gasteiger partial charge on any atom is 0.325 e. The van der Waals surface area contributed by atoms with Gasteiger partial charge in [-0.3, -0.25) is 15.0 Å². The van der Waals surface area contributed by atoms with Crippen LogP contribution in [0.25, 0.3) is 0 Å². The summed E-state index contributed by atoms with van der Waals surface area (Å²) >= 11 is 1.82. The predicted molar refractivity (Wildman–Crippen MR) is 108 cm³/mol. The van der Waals surface area contributed by atoms with E-state index in [9.17, 15) is 9.59 Å². The second-order valence-electron chi connectivity index (χ2n) is 7.55. The van der Waals surface area contributed by atoms with Gasteiger partial charge >= 0.3 is 6.03 Å². The number of benzene rings is 1. The molecule has 2 heterocycles. The molecule has 4 rings (SSSR count). The molecular weight excluding hydrogens is 358 g/mol. The quantitative estimate of drug-likeness (QED) is 0.838. The lowest BCUT2D eigenvalue weighted by molar-refractivity contribution is -0.121. The van der Waals surface area contributed by atoms with E-state index in [-0.39, 0.29) is 12.5 Å². The third kappa shape index (κ3) is 3.92. The van der Waals surface area contributed by atoms with Crippen molar-refractivity contribution in [3.63, 3.8) is 0 Å². The summed E-state index contributed by atoms with van der Waals surface area (Å²) < 4.78 is 0. The van der Waals surface area contributed by atoms with Crippen LogP contribution in [-0.4, -0.2) is 29.9 Å². The number of imide groups is 1. The van der Waals surface area contributed by atoms with Crippen molar-refractivity contribution in [1.29, 1.82) is 0 Å². The molecule has 0 saturated heterocycles. The Morgan fingerprint density at radius 1 is 1.22 bits per heavy atom. The number of hydrogen-bond acceptors (Lipinski definition) is 4. The number of hydrogen-bond donors (Lipinski definition) is 2. The maximum absolute atomic E-state index is 12.5. The summed E-state index contributed by atoms with van der Waals surface area (Å²) in [6.07, 6.45) is 3.44. The highest BCUT2D eigenvalue weighted by Crippen LogP contribution is 2.48. The number of carbonyl (C=O) groups excluding carboxylic acids is 2. The predicted octanol–water partition coefficient (Wildman–Crippen LogP) is 4.02. The Labute approximate surface area is 163 Å². The molecule has 5 nitrogen and oxygen atoms in total. The van der Waals surface area contributed by atoms with Crippen LogP contribution in [0.4, 0.5) is 10.5 Å². The summed E-state index contributed by atoms with van der Waals surface area (Å²) in [4.78, 5) is 28.4. The molecule has 1 aliphatic heterocycles. The molecule has 2 aromatic rings. The second kappa shape index (κ2) is 7.44. The molecule has 27 heavy (non-hydrogen) atoms. The first-order chi connectivity index (χ1) is 13.0. The number of amides is 3. The normalized spacial score (nSPS) is 19.4. The van der Waals surface area contributed by atoms with E-state index in [1.165, 1.54) is 23.3 Å². The molecule has 0 bridgehead atoms. The number of thiophene rings is 1. The molecule has 1 saturated carbocycles. The molecule has 0 spiro atoms. The summed E-state index contributed by atoms with van der Waals surface area (Å²) in [5.41, 5.74) is 4.24. The minimum Gasteiger partial charge on any atom is -0.307 e. The number of anilines is 1. The first-order valence-corrected chi connectivity index (χ1v) is 10.4.